The van der Waals surface area contributed by atoms with Gasteiger partial charge in [-0.1, -0.05) is 6.42 Å². The van der Waals surface area contributed by atoms with Crippen molar-refractivity contribution in [2.45, 2.75) is 46.5 Å². The summed E-state index contributed by atoms with van der Waals surface area (Å²) in [6.07, 6.45) is 3.59. The van der Waals surface area contributed by atoms with Gasteiger partial charge >= 0.3 is 5.97 Å². The summed E-state index contributed by atoms with van der Waals surface area (Å²) in [5.74, 6) is -0.0814. The number of carbonyl (C=O) groups excluding carboxylic acids is 1. The van der Waals surface area contributed by atoms with Gasteiger partial charge in [-0.25, -0.2) is 0 Å². The molecule has 126 valence electrons. The quantitative estimate of drug-likeness (QED) is 0.343. The number of unbranched alkanes of at least 4 members (excludes halogenated alkanes) is 2. The van der Waals surface area contributed by atoms with E-state index >= 15 is 0 Å². The van der Waals surface area contributed by atoms with Crippen LogP contribution >= 0.6 is 0 Å². The minimum atomic E-state index is -0.0814. The van der Waals surface area contributed by atoms with Crippen LogP contribution < -0.4 is 0 Å². The fourth-order valence-electron chi connectivity index (χ4n) is 2.03. The first kappa shape index (κ1) is 20.3. The lowest BCUT2D eigenvalue weighted by atomic mass is 10.2. The third-order valence-electron chi connectivity index (χ3n) is 3.17. The Labute approximate surface area is 129 Å². The highest BCUT2D eigenvalue weighted by Gasteiger charge is 2.06. The van der Waals surface area contributed by atoms with Crippen molar-refractivity contribution in [2.75, 3.05) is 52.7 Å². The highest BCUT2D eigenvalue weighted by molar-refractivity contribution is 5.69. The Morgan fingerprint density at radius 1 is 0.810 bits per heavy atom. The van der Waals surface area contributed by atoms with Crippen LogP contribution in [0.15, 0.2) is 0 Å². The number of ether oxygens (including phenoxy) is 3. The van der Waals surface area contributed by atoms with Crippen LogP contribution in [0.1, 0.15) is 46.5 Å². The zero-order chi connectivity index (χ0) is 15.8. The molecule has 0 rings (SSSR count). The largest absolute Gasteiger partial charge is 0.466 e. The summed E-state index contributed by atoms with van der Waals surface area (Å²) in [5.41, 5.74) is 0. The maximum absolute atomic E-state index is 11.2. The molecular weight excluding hydrogens is 270 g/mol. The Hall–Kier alpha value is -0.650. The van der Waals surface area contributed by atoms with Crippen molar-refractivity contribution in [3.05, 3.63) is 0 Å². The summed E-state index contributed by atoms with van der Waals surface area (Å²) >= 11 is 0. The highest BCUT2D eigenvalue weighted by Crippen LogP contribution is 2.03. The molecule has 21 heavy (non-hydrogen) atoms. The lowest BCUT2D eigenvalue weighted by Crippen LogP contribution is -2.32. The summed E-state index contributed by atoms with van der Waals surface area (Å²) in [4.78, 5) is 13.6. The molecule has 5 heteroatoms. The van der Waals surface area contributed by atoms with E-state index in [1.54, 1.807) is 0 Å². The molecule has 0 saturated carbocycles. The van der Waals surface area contributed by atoms with E-state index in [4.69, 9.17) is 14.2 Å². The molecule has 0 unspecified atom stereocenters. The molecule has 0 amide bonds. The number of nitrogens with zero attached hydrogens (tertiary/aromatic N) is 1. The molecule has 0 aromatic rings. The lowest BCUT2D eigenvalue weighted by Gasteiger charge is -2.22. The Morgan fingerprint density at radius 2 is 1.43 bits per heavy atom. The van der Waals surface area contributed by atoms with Crippen LogP contribution in [0.5, 0.6) is 0 Å². The molecule has 0 aromatic carbocycles. The van der Waals surface area contributed by atoms with E-state index in [0.29, 0.717) is 13.0 Å². The zero-order valence-corrected chi connectivity index (χ0v) is 14.1. The van der Waals surface area contributed by atoms with Gasteiger partial charge in [0.05, 0.1) is 19.8 Å². The molecule has 0 radical (unpaired) electrons. The van der Waals surface area contributed by atoms with Crippen LogP contribution in [-0.4, -0.2) is 63.5 Å². The molecule has 0 spiro atoms. The summed E-state index contributed by atoms with van der Waals surface area (Å²) in [6.45, 7) is 12.3. The number of rotatable bonds is 15. The van der Waals surface area contributed by atoms with E-state index in [1.807, 2.05) is 20.8 Å². The van der Waals surface area contributed by atoms with Crippen molar-refractivity contribution >= 4 is 5.97 Å². The van der Waals surface area contributed by atoms with E-state index < -0.39 is 0 Å². The van der Waals surface area contributed by atoms with Gasteiger partial charge in [-0.3, -0.25) is 9.69 Å². The van der Waals surface area contributed by atoms with E-state index in [1.165, 1.54) is 0 Å². The normalized spacial score (nSPS) is 11.0. The smallest absolute Gasteiger partial charge is 0.305 e. The van der Waals surface area contributed by atoms with Gasteiger partial charge in [0, 0.05) is 32.7 Å². The summed E-state index contributed by atoms with van der Waals surface area (Å²) in [6, 6.07) is 0. The number of esters is 1. The second-order valence-corrected chi connectivity index (χ2v) is 4.85. The summed E-state index contributed by atoms with van der Waals surface area (Å²) < 4.78 is 15.7. The van der Waals surface area contributed by atoms with Crippen molar-refractivity contribution in [1.82, 2.24) is 4.90 Å². The molecular formula is C16H33NO4. The fourth-order valence-corrected chi connectivity index (χ4v) is 2.03. The van der Waals surface area contributed by atoms with Crippen LogP contribution in [0.2, 0.25) is 0 Å². The molecule has 0 atom stereocenters. The first-order valence-corrected chi connectivity index (χ1v) is 8.28. The standard InChI is InChI=1S/C16H33NO4/c1-4-19-14-12-17(13-15-20-5-2)11-9-7-8-10-16(18)21-6-3/h4-15H2,1-3H3. The van der Waals surface area contributed by atoms with Crippen LogP contribution in [0.3, 0.4) is 0 Å². The van der Waals surface area contributed by atoms with Crippen LogP contribution in [0.25, 0.3) is 0 Å². The fraction of sp³-hybridized carbons (Fsp3) is 0.938. The van der Waals surface area contributed by atoms with E-state index in [0.717, 1.165) is 65.3 Å². The van der Waals surface area contributed by atoms with E-state index in [9.17, 15) is 4.79 Å². The first-order chi connectivity index (χ1) is 10.2. The van der Waals surface area contributed by atoms with Crippen molar-refractivity contribution in [2.24, 2.45) is 0 Å². The van der Waals surface area contributed by atoms with Crippen LogP contribution in [0.4, 0.5) is 0 Å². The SMILES string of the molecule is CCOCCN(CCCCCC(=O)OCC)CCOCC. The van der Waals surface area contributed by atoms with Gasteiger partial charge < -0.3 is 14.2 Å². The van der Waals surface area contributed by atoms with E-state index in [-0.39, 0.29) is 5.97 Å². The number of hydrogen-bond acceptors (Lipinski definition) is 5. The molecule has 0 N–H and O–H groups in total. The maximum Gasteiger partial charge on any atom is 0.305 e. The second kappa shape index (κ2) is 15.7. The van der Waals surface area contributed by atoms with Crippen molar-refractivity contribution in [3.8, 4) is 0 Å². The zero-order valence-electron chi connectivity index (χ0n) is 14.1. The van der Waals surface area contributed by atoms with Crippen molar-refractivity contribution in [1.29, 1.82) is 0 Å². The van der Waals surface area contributed by atoms with Crippen LogP contribution in [0, 0.1) is 0 Å². The third kappa shape index (κ3) is 14.1. The predicted octanol–water partition coefficient (Wildman–Crippen LogP) is 2.48. The Morgan fingerprint density at radius 3 is 1.95 bits per heavy atom. The molecule has 0 bridgehead atoms. The van der Waals surface area contributed by atoms with Gasteiger partial charge in [-0.05, 0) is 40.2 Å². The highest BCUT2D eigenvalue weighted by atomic mass is 16.5. The summed E-state index contributed by atoms with van der Waals surface area (Å²) in [5, 5.41) is 0. The monoisotopic (exact) mass is 303 g/mol. The summed E-state index contributed by atoms with van der Waals surface area (Å²) in [7, 11) is 0. The Balaban J connectivity index is 3.69. The van der Waals surface area contributed by atoms with Gasteiger partial charge in [-0.2, -0.15) is 0 Å². The Bertz CT molecular complexity index is 226. The second-order valence-electron chi connectivity index (χ2n) is 4.85. The average Bonchev–Trinajstić information content (AvgIpc) is 2.47. The minimum Gasteiger partial charge on any atom is -0.466 e. The van der Waals surface area contributed by atoms with E-state index in [2.05, 4.69) is 4.90 Å². The molecule has 0 heterocycles. The van der Waals surface area contributed by atoms with Gasteiger partial charge in [0.2, 0.25) is 0 Å². The van der Waals surface area contributed by atoms with Gasteiger partial charge in [0.25, 0.3) is 0 Å². The molecule has 0 aliphatic heterocycles. The maximum atomic E-state index is 11.2. The molecule has 0 saturated heterocycles. The Kier molecular flexibility index (Phi) is 15.2. The minimum absolute atomic E-state index is 0.0814. The molecule has 0 aromatic heterocycles. The topological polar surface area (TPSA) is 48.0 Å². The first-order valence-electron chi connectivity index (χ1n) is 8.28. The molecule has 0 fully saturated rings. The van der Waals surface area contributed by atoms with Gasteiger partial charge in [0.15, 0.2) is 0 Å². The molecule has 0 aliphatic carbocycles. The average molecular weight is 303 g/mol. The third-order valence-corrected chi connectivity index (χ3v) is 3.17. The predicted molar refractivity (Wildman–Crippen MR) is 84.5 cm³/mol. The lowest BCUT2D eigenvalue weighted by molar-refractivity contribution is -0.143. The van der Waals surface area contributed by atoms with Gasteiger partial charge in [0.1, 0.15) is 0 Å². The molecule has 0 aliphatic rings. The number of hydrogen-bond donors (Lipinski definition) is 0. The van der Waals surface area contributed by atoms with Crippen molar-refractivity contribution in [3.63, 3.8) is 0 Å². The van der Waals surface area contributed by atoms with Crippen LogP contribution in [-0.2, 0) is 19.0 Å². The number of carbonyl (C=O) groups is 1. The van der Waals surface area contributed by atoms with Crippen molar-refractivity contribution < 1.29 is 19.0 Å². The van der Waals surface area contributed by atoms with Gasteiger partial charge in [-0.15, -0.1) is 0 Å². The molecule has 5 nitrogen and oxygen atoms in total.